The first kappa shape index (κ1) is 14.9. The highest BCUT2D eigenvalue weighted by molar-refractivity contribution is 5.67. The fraction of sp³-hybridized carbons (Fsp3) is 0.875. The molecule has 0 spiro atoms. The number of carboxylic acid groups (broad SMARTS) is 1. The molecule has 0 unspecified atom stereocenters. The highest BCUT2D eigenvalue weighted by atomic mass is 16.4. The van der Waals surface area contributed by atoms with Crippen molar-refractivity contribution in [2.24, 2.45) is 11.7 Å². The molecule has 5 nitrogen and oxygen atoms in total. The summed E-state index contributed by atoms with van der Waals surface area (Å²) in [6, 6.07) is -0.430. The van der Waals surface area contributed by atoms with Gasteiger partial charge in [0, 0.05) is 6.04 Å². The number of nitrogens with two attached hydrogens (primary N) is 1. The molecule has 0 aromatic carbocycles. The summed E-state index contributed by atoms with van der Waals surface area (Å²) >= 11 is 0. The number of carbonyl (C=O) groups is 1. The van der Waals surface area contributed by atoms with Crippen molar-refractivity contribution in [3.8, 4) is 0 Å². The summed E-state index contributed by atoms with van der Waals surface area (Å²) in [5, 5.41) is 17.6. The van der Waals surface area contributed by atoms with Crippen LogP contribution in [0.2, 0.25) is 0 Å². The van der Waals surface area contributed by atoms with Gasteiger partial charge in [0.1, 0.15) is 0 Å². The third-order valence-electron chi connectivity index (χ3n) is 1.62. The fourth-order valence-electron chi connectivity index (χ4n) is 1.03. The minimum Gasteiger partial charge on any atom is -0.481 e. The van der Waals surface area contributed by atoms with Gasteiger partial charge in [-0.2, -0.15) is 0 Å². The third-order valence-corrected chi connectivity index (χ3v) is 1.62. The maximum atomic E-state index is 10.2. The largest absolute Gasteiger partial charge is 0.481 e. The molecule has 0 rings (SSSR count). The average molecular weight is 193 g/mol. The second-order valence-electron chi connectivity index (χ2n) is 3.46. The zero-order valence-corrected chi connectivity index (χ0v) is 8.03. The van der Waals surface area contributed by atoms with E-state index < -0.39 is 18.1 Å². The van der Waals surface area contributed by atoms with Crippen LogP contribution in [0.1, 0.15) is 26.7 Å². The van der Waals surface area contributed by atoms with Crippen molar-refractivity contribution in [2.45, 2.75) is 38.8 Å². The van der Waals surface area contributed by atoms with E-state index in [1.54, 1.807) is 0 Å². The molecule has 80 valence electrons. The van der Waals surface area contributed by atoms with Crippen molar-refractivity contribution in [3.05, 3.63) is 0 Å². The molecule has 0 saturated carbocycles. The molecule has 0 aliphatic carbocycles. The van der Waals surface area contributed by atoms with E-state index >= 15 is 0 Å². The summed E-state index contributed by atoms with van der Waals surface area (Å²) in [4.78, 5) is 10.2. The van der Waals surface area contributed by atoms with Crippen LogP contribution in [0.4, 0.5) is 0 Å². The van der Waals surface area contributed by atoms with Crippen LogP contribution in [0.3, 0.4) is 0 Å². The van der Waals surface area contributed by atoms with E-state index in [1.807, 2.05) is 13.8 Å². The van der Waals surface area contributed by atoms with Crippen LogP contribution in [0.5, 0.6) is 0 Å². The lowest BCUT2D eigenvalue weighted by atomic mass is 9.98. The Morgan fingerprint density at radius 1 is 1.46 bits per heavy atom. The second kappa shape index (κ2) is 6.82. The van der Waals surface area contributed by atoms with Crippen LogP contribution in [0.15, 0.2) is 0 Å². The van der Waals surface area contributed by atoms with Gasteiger partial charge in [-0.15, -0.1) is 0 Å². The first-order valence-corrected chi connectivity index (χ1v) is 4.09. The minimum atomic E-state index is -1.01. The fourth-order valence-corrected chi connectivity index (χ4v) is 1.03. The molecule has 0 aliphatic rings. The molecule has 0 bridgehead atoms. The number of rotatable bonds is 5. The molecule has 0 amide bonds. The molecule has 6 N–H and O–H groups in total. The average Bonchev–Trinajstić information content (AvgIpc) is 1.84. The van der Waals surface area contributed by atoms with Crippen molar-refractivity contribution in [1.82, 2.24) is 0 Å². The molecule has 13 heavy (non-hydrogen) atoms. The first-order valence-electron chi connectivity index (χ1n) is 4.09. The van der Waals surface area contributed by atoms with Crippen LogP contribution in [-0.2, 0) is 4.79 Å². The predicted octanol–water partition coefficient (Wildman–Crippen LogP) is -0.629. The van der Waals surface area contributed by atoms with Crippen LogP contribution in [0.25, 0.3) is 0 Å². The van der Waals surface area contributed by atoms with Crippen molar-refractivity contribution in [3.63, 3.8) is 0 Å². The van der Waals surface area contributed by atoms with E-state index in [0.29, 0.717) is 12.3 Å². The maximum absolute atomic E-state index is 10.2. The number of aliphatic hydroxyl groups excluding tert-OH is 1. The smallest absolute Gasteiger partial charge is 0.306 e. The molecule has 0 fully saturated rings. The van der Waals surface area contributed by atoms with Crippen LogP contribution < -0.4 is 5.73 Å². The molecule has 0 aromatic heterocycles. The standard InChI is InChI=1S/C8H17NO3.H2O/c1-5(2)3-6(9)7(10)4-8(11)12;/h5-7,10H,3-4,9H2,1-2H3,(H,11,12);1H2/t6-,7-;/m0./s1. The third kappa shape index (κ3) is 7.70. The monoisotopic (exact) mass is 193 g/mol. The SMILES string of the molecule is CC(C)C[C@H](N)[C@@H](O)CC(=O)O.O. The molecule has 0 saturated heterocycles. The summed E-state index contributed by atoms with van der Waals surface area (Å²) in [5.41, 5.74) is 5.55. The summed E-state index contributed by atoms with van der Waals surface area (Å²) in [6.07, 6.45) is -0.549. The maximum Gasteiger partial charge on any atom is 0.306 e. The summed E-state index contributed by atoms with van der Waals surface area (Å²) in [5.74, 6) is -0.634. The van der Waals surface area contributed by atoms with Crippen LogP contribution >= 0.6 is 0 Å². The van der Waals surface area contributed by atoms with Crippen LogP contribution in [-0.4, -0.2) is 33.8 Å². The Bertz CT molecular complexity index is 149. The van der Waals surface area contributed by atoms with Gasteiger partial charge in [-0.1, -0.05) is 13.8 Å². The van der Waals surface area contributed by atoms with Gasteiger partial charge in [-0.25, -0.2) is 0 Å². The lowest BCUT2D eigenvalue weighted by Crippen LogP contribution is -2.37. The minimum absolute atomic E-state index is 0. The van der Waals surface area contributed by atoms with E-state index in [9.17, 15) is 9.90 Å². The lowest BCUT2D eigenvalue weighted by Gasteiger charge is -2.18. The van der Waals surface area contributed by atoms with E-state index in [1.165, 1.54) is 0 Å². The normalized spacial score (nSPS) is 14.8. The topological polar surface area (TPSA) is 115 Å². The Morgan fingerprint density at radius 2 is 1.92 bits per heavy atom. The number of hydrogen-bond donors (Lipinski definition) is 3. The van der Waals surface area contributed by atoms with Crippen molar-refractivity contribution >= 4 is 5.97 Å². The molecule has 5 heteroatoms. The van der Waals surface area contributed by atoms with Crippen LogP contribution in [0, 0.1) is 5.92 Å². The Kier molecular flexibility index (Phi) is 7.79. The molecule has 0 aliphatic heterocycles. The van der Waals surface area contributed by atoms with Gasteiger partial charge in [0.2, 0.25) is 0 Å². The first-order chi connectivity index (χ1) is 5.43. The number of hydrogen-bond acceptors (Lipinski definition) is 3. The summed E-state index contributed by atoms with van der Waals surface area (Å²) in [7, 11) is 0. The van der Waals surface area contributed by atoms with Gasteiger partial charge >= 0.3 is 5.97 Å². The van der Waals surface area contributed by atoms with E-state index in [-0.39, 0.29) is 11.9 Å². The number of aliphatic carboxylic acids is 1. The van der Waals surface area contributed by atoms with E-state index in [2.05, 4.69) is 0 Å². The number of carboxylic acids is 1. The molecular formula is C8H19NO4. The molecule has 0 radical (unpaired) electrons. The van der Waals surface area contributed by atoms with Gasteiger partial charge in [0.25, 0.3) is 0 Å². The van der Waals surface area contributed by atoms with E-state index in [0.717, 1.165) is 0 Å². The van der Waals surface area contributed by atoms with Crippen molar-refractivity contribution in [1.29, 1.82) is 0 Å². The molecule has 2 atom stereocenters. The highest BCUT2D eigenvalue weighted by Gasteiger charge is 2.18. The van der Waals surface area contributed by atoms with Crippen molar-refractivity contribution < 1.29 is 20.5 Å². The summed E-state index contributed by atoms with van der Waals surface area (Å²) in [6.45, 7) is 3.96. The zero-order chi connectivity index (χ0) is 9.72. The second-order valence-corrected chi connectivity index (χ2v) is 3.46. The van der Waals surface area contributed by atoms with Crippen molar-refractivity contribution in [2.75, 3.05) is 0 Å². The molecule has 0 heterocycles. The number of aliphatic hydroxyl groups is 1. The Morgan fingerprint density at radius 3 is 2.23 bits per heavy atom. The zero-order valence-electron chi connectivity index (χ0n) is 8.03. The Labute approximate surface area is 77.9 Å². The quantitative estimate of drug-likeness (QED) is 0.539. The summed E-state index contributed by atoms with van der Waals surface area (Å²) < 4.78 is 0. The van der Waals surface area contributed by atoms with Gasteiger partial charge < -0.3 is 21.4 Å². The van der Waals surface area contributed by atoms with Gasteiger partial charge in [-0.3, -0.25) is 4.79 Å². The highest BCUT2D eigenvalue weighted by Crippen LogP contribution is 2.08. The Hall–Kier alpha value is -0.650. The van der Waals surface area contributed by atoms with E-state index in [4.69, 9.17) is 10.8 Å². The van der Waals surface area contributed by atoms with Gasteiger partial charge in [-0.05, 0) is 12.3 Å². The lowest BCUT2D eigenvalue weighted by molar-refractivity contribution is -0.139. The Balaban J connectivity index is 0. The molecule has 0 aromatic rings. The predicted molar refractivity (Wildman–Crippen MR) is 49.3 cm³/mol. The van der Waals surface area contributed by atoms with Gasteiger partial charge in [0.15, 0.2) is 0 Å². The van der Waals surface area contributed by atoms with Gasteiger partial charge in [0.05, 0.1) is 12.5 Å². The molecular weight excluding hydrogens is 174 g/mol.